The minimum absolute atomic E-state index is 0.506. The summed E-state index contributed by atoms with van der Waals surface area (Å²) in [5, 5.41) is 1.18. The van der Waals surface area contributed by atoms with Crippen molar-refractivity contribution >= 4 is 10.9 Å². The van der Waals surface area contributed by atoms with Crippen LogP contribution in [0.4, 0.5) is 0 Å². The number of nitrogens with zero attached hydrogens (tertiary/aromatic N) is 2. The van der Waals surface area contributed by atoms with Crippen molar-refractivity contribution in [1.82, 2.24) is 14.5 Å². The Labute approximate surface area is 99.1 Å². The number of nitrogens with one attached hydrogen (secondary N) is 1. The summed E-state index contributed by atoms with van der Waals surface area (Å²) < 4.78 is 2.04. The molecule has 2 heterocycles. The summed E-state index contributed by atoms with van der Waals surface area (Å²) in [4.78, 5) is 7.70. The van der Waals surface area contributed by atoms with Gasteiger partial charge in [-0.25, -0.2) is 4.98 Å². The van der Waals surface area contributed by atoms with E-state index in [1.54, 1.807) is 0 Å². The zero-order chi connectivity index (χ0) is 11.8. The van der Waals surface area contributed by atoms with Gasteiger partial charge < -0.3 is 15.3 Å². The lowest BCUT2D eigenvalue weighted by Crippen LogP contribution is -2.03. The third-order valence-corrected chi connectivity index (χ3v) is 3.12. The molecule has 0 atom stereocenters. The van der Waals surface area contributed by atoms with E-state index in [4.69, 9.17) is 5.73 Å². The third kappa shape index (κ3) is 1.45. The molecule has 4 heteroatoms. The van der Waals surface area contributed by atoms with Crippen LogP contribution in [0.2, 0.25) is 0 Å². The molecule has 1 aromatic carbocycles. The van der Waals surface area contributed by atoms with Crippen LogP contribution < -0.4 is 5.73 Å². The summed E-state index contributed by atoms with van der Waals surface area (Å²) in [7, 11) is 1.99. The molecule has 0 unspecified atom stereocenters. The first-order valence-electron chi connectivity index (χ1n) is 5.58. The first-order chi connectivity index (χ1) is 8.31. The Morgan fingerprint density at radius 3 is 2.94 bits per heavy atom. The fraction of sp³-hybridized carbons (Fsp3) is 0.154. The van der Waals surface area contributed by atoms with Crippen LogP contribution in [0, 0.1) is 0 Å². The Morgan fingerprint density at radius 1 is 1.35 bits per heavy atom. The van der Waals surface area contributed by atoms with E-state index in [0.29, 0.717) is 6.54 Å². The molecule has 3 N–H and O–H groups in total. The van der Waals surface area contributed by atoms with Crippen molar-refractivity contribution in [2.45, 2.75) is 6.54 Å². The lowest BCUT2D eigenvalue weighted by molar-refractivity contribution is 0.829. The summed E-state index contributed by atoms with van der Waals surface area (Å²) in [5.74, 6) is 0.947. The maximum atomic E-state index is 5.66. The summed E-state index contributed by atoms with van der Waals surface area (Å²) in [5.41, 5.74) is 8.93. The van der Waals surface area contributed by atoms with E-state index in [-0.39, 0.29) is 0 Å². The van der Waals surface area contributed by atoms with Crippen molar-refractivity contribution in [2.24, 2.45) is 12.8 Å². The summed E-state index contributed by atoms with van der Waals surface area (Å²) in [6.45, 7) is 0.506. The minimum Gasteiger partial charge on any atom is -0.360 e. The molecule has 17 heavy (non-hydrogen) atoms. The normalized spacial score (nSPS) is 11.2. The topological polar surface area (TPSA) is 59.6 Å². The fourth-order valence-corrected chi connectivity index (χ4v) is 2.14. The second kappa shape index (κ2) is 3.75. The van der Waals surface area contributed by atoms with Crippen molar-refractivity contribution in [3.05, 3.63) is 42.4 Å². The average molecular weight is 226 g/mol. The van der Waals surface area contributed by atoms with Crippen LogP contribution in [0.5, 0.6) is 0 Å². The molecule has 0 spiro atoms. The Hall–Kier alpha value is -2.07. The smallest absolute Gasteiger partial charge is 0.142 e. The molecular formula is C13H14N4. The van der Waals surface area contributed by atoms with Crippen LogP contribution in [-0.4, -0.2) is 14.5 Å². The van der Waals surface area contributed by atoms with E-state index < -0.39 is 0 Å². The molecule has 86 valence electrons. The monoisotopic (exact) mass is 226 g/mol. The highest BCUT2D eigenvalue weighted by atomic mass is 15.1. The number of aromatic amines is 1. The van der Waals surface area contributed by atoms with Gasteiger partial charge in [-0.15, -0.1) is 0 Å². The number of rotatable bonds is 2. The molecule has 0 aliphatic carbocycles. The summed E-state index contributed by atoms with van der Waals surface area (Å²) in [6.07, 6.45) is 3.82. The van der Waals surface area contributed by atoms with Gasteiger partial charge in [-0.05, 0) is 6.07 Å². The number of aromatic nitrogens is 3. The summed E-state index contributed by atoms with van der Waals surface area (Å²) >= 11 is 0. The van der Waals surface area contributed by atoms with Crippen molar-refractivity contribution in [1.29, 1.82) is 0 Å². The molecule has 0 bridgehead atoms. The summed E-state index contributed by atoms with van der Waals surface area (Å²) in [6, 6.07) is 8.21. The zero-order valence-corrected chi connectivity index (χ0v) is 9.64. The molecule has 4 nitrogen and oxygen atoms in total. The van der Waals surface area contributed by atoms with Crippen LogP contribution in [0.3, 0.4) is 0 Å². The van der Waals surface area contributed by atoms with E-state index in [2.05, 4.69) is 22.1 Å². The molecule has 0 aliphatic heterocycles. The lowest BCUT2D eigenvalue weighted by atomic mass is 10.1. The van der Waals surface area contributed by atoms with Crippen LogP contribution in [0.25, 0.3) is 22.3 Å². The quantitative estimate of drug-likeness (QED) is 0.702. The number of imidazole rings is 1. The van der Waals surface area contributed by atoms with E-state index in [1.165, 1.54) is 5.39 Å². The highest BCUT2D eigenvalue weighted by Gasteiger charge is 2.11. The van der Waals surface area contributed by atoms with Gasteiger partial charge in [0.15, 0.2) is 0 Å². The van der Waals surface area contributed by atoms with Crippen molar-refractivity contribution in [3.8, 4) is 11.4 Å². The van der Waals surface area contributed by atoms with E-state index in [9.17, 15) is 0 Å². The highest BCUT2D eigenvalue weighted by Crippen LogP contribution is 2.27. The van der Waals surface area contributed by atoms with E-state index in [0.717, 1.165) is 22.6 Å². The zero-order valence-electron chi connectivity index (χ0n) is 9.64. The number of H-pyrrole nitrogens is 1. The van der Waals surface area contributed by atoms with Crippen LogP contribution >= 0.6 is 0 Å². The Morgan fingerprint density at radius 2 is 2.18 bits per heavy atom. The fourth-order valence-electron chi connectivity index (χ4n) is 2.14. The van der Waals surface area contributed by atoms with Gasteiger partial charge in [0.2, 0.25) is 0 Å². The van der Waals surface area contributed by atoms with Gasteiger partial charge in [0.05, 0.1) is 11.9 Å². The first kappa shape index (κ1) is 10.1. The highest BCUT2D eigenvalue weighted by molar-refractivity contribution is 5.93. The molecule has 3 aromatic rings. The molecule has 0 saturated carbocycles. The second-order valence-electron chi connectivity index (χ2n) is 4.08. The number of fused-ring (bicyclic) bond motifs is 1. The number of nitrogens with two attached hydrogens (primary N) is 1. The molecular weight excluding hydrogens is 212 g/mol. The average Bonchev–Trinajstić information content (AvgIpc) is 2.92. The predicted molar refractivity (Wildman–Crippen MR) is 68.4 cm³/mol. The lowest BCUT2D eigenvalue weighted by Gasteiger charge is -2.03. The van der Waals surface area contributed by atoms with Gasteiger partial charge in [-0.3, -0.25) is 0 Å². The van der Waals surface area contributed by atoms with Crippen molar-refractivity contribution < 1.29 is 0 Å². The Bertz CT molecular complexity index is 663. The maximum Gasteiger partial charge on any atom is 0.142 e. The van der Waals surface area contributed by atoms with Crippen LogP contribution in [-0.2, 0) is 13.6 Å². The number of hydrogen-bond donors (Lipinski definition) is 2. The van der Waals surface area contributed by atoms with Crippen molar-refractivity contribution in [2.75, 3.05) is 0 Å². The second-order valence-corrected chi connectivity index (χ2v) is 4.08. The molecule has 0 saturated heterocycles. The molecule has 3 rings (SSSR count). The molecule has 0 fully saturated rings. The van der Waals surface area contributed by atoms with Crippen molar-refractivity contribution in [3.63, 3.8) is 0 Å². The third-order valence-electron chi connectivity index (χ3n) is 3.12. The number of benzene rings is 1. The van der Waals surface area contributed by atoms with Gasteiger partial charge in [0, 0.05) is 36.3 Å². The van der Waals surface area contributed by atoms with Gasteiger partial charge in [0.25, 0.3) is 0 Å². The van der Waals surface area contributed by atoms with Gasteiger partial charge in [0.1, 0.15) is 5.82 Å². The largest absolute Gasteiger partial charge is 0.360 e. The predicted octanol–water partition coefficient (Wildman–Crippen LogP) is 2.03. The SMILES string of the molecule is Cn1c(CN)cnc1-c1c[nH]c2ccccc12. The minimum atomic E-state index is 0.506. The molecule has 2 aromatic heterocycles. The van der Waals surface area contributed by atoms with E-state index >= 15 is 0 Å². The van der Waals surface area contributed by atoms with Gasteiger partial charge >= 0.3 is 0 Å². The van der Waals surface area contributed by atoms with Gasteiger partial charge in [-0.2, -0.15) is 0 Å². The molecule has 0 aliphatic rings. The molecule has 0 amide bonds. The molecule has 0 radical (unpaired) electrons. The number of hydrogen-bond acceptors (Lipinski definition) is 2. The van der Waals surface area contributed by atoms with Crippen LogP contribution in [0.1, 0.15) is 5.69 Å². The van der Waals surface area contributed by atoms with Gasteiger partial charge in [-0.1, -0.05) is 18.2 Å². The maximum absolute atomic E-state index is 5.66. The Balaban J connectivity index is 2.24. The van der Waals surface area contributed by atoms with Crippen LogP contribution in [0.15, 0.2) is 36.7 Å². The standard InChI is InChI=1S/C13H14N4/c1-17-9(6-14)7-16-13(17)11-8-15-12-5-3-2-4-10(11)12/h2-5,7-8,15H,6,14H2,1H3. The van der Waals surface area contributed by atoms with E-state index in [1.807, 2.05) is 36.1 Å². The first-order valence-corrected chi connectivity index (χ1v) is 5.58. The Kier molecular flexibility index (Phi) is 2.23. The number of para-hydroxylation sites is 1.